The minimum Gasteiger partial charge on any atom is -0.468 e. The van der Waals surface area contributed by atoms with Gasteiger partial charge in [-0.15, -0.1) is 0 Å². The highest BCUT2D eigenvalue weighted by molar-refractivity contribution is 9.10. The van der Waals surface area contributed by atoms with Gasteiger partial charge in [0.05, 0.1) is 7.11 Å². The third-order valence-corrected chi connectivity index (χ3v) is 4.33. The van der Waals surface area contributed by atoms with Crippen molar-refractivity contribution in [1.82, 2.24) is 5.32 Å². The maximum absolute atomic E-state index is 12.1. The number of amides is 2. The first-order chi connectivity index (χ1) is 13.4. The molecule has 2 amide bonds. The van der Waals surface area contributed by atoms with E-state index in [0.29, 0.717) is 16.8 Å². The van der Waals surface area contributed by atoms with Crippen molar-refractivity contribution >= 4 is 45.2 Å². The fraction of sp³-hybridized carbons (Fsp3) is 0.200. The Morgan fingerprint density at radius 3 is 2.11 bits per heavy atom. The quantitative estimate of drug-likeness (QED) is 0.479. The second kappa shape index (κ2) is 10.4. The van der Waals surface area contributed by atoms with Crippen molar-refractivity contribution in [3.63, 3.8) is 0 Å². The molecule has 2 N–H and O–H groups in total. The lowest BCUT2D eigenvalue weighted by molar-refractivity contribution is -0.139. The molecule has 0 bridgehead atoms. The van der Waals surface area contributed by atoms with Gasteiger partial charge in [0.25, 0.3) is 5.91 Å². The molecule has 0 spiro atoms. The maximum atomic E-state index is 12.1. The van der Waals surface area contributed by atoms with Crippen LogP contribution in [0.1, 0.15) is 33.6 Å². The van der Waals surface area contributed by atoms with Crippen molar-refractivity contribution in [3.8, 4) is 0 Å². The first kappa shape index (κ1) is 21.3. The summed E-state index contributed by atoms with van der Waals surface area (Å²) >= 11 is 3.31. The van der Waals surface area contributed by atoms with Gasteiger partial charge >= 0.3 is 5.97 Å². The van der Waals surface area contributed by atoms with Crippen LogP contribution in [0.25, 0.3) is 0 Å². The number of halogens is 1. The van der Waals surface area contributed by atoms with Gasteiger partial charge in [-0.2, -0.15) is 0 Å². The molecule has 7 nitrogen and oxygen atoms in total. The molecule has 2 aromatic rings. The molecule has 0 saturated heterocycles. The molecule has 0 saturated carbocycles. The number of anilines is 1. The van der Waals surface area contributed by atoms with Gasteiger partial charge in [-0.3, -0.25) is 19.2 Å². The van der Waals surface area contributed by atoms with E-state index in [2.05, 4.69) is 31.3 Å². The molecular formula is C20H19BrN2O5. The second-order valence-electron chi connectivity index (χ2n) is 5.81. The number of esters is 1. The first-order valence-corrected chi connectivity index (χ1v) is 9.22. The number of methoxy groups -OCH3 is 1. The highest BCUT2D eigenvalue weighted by Gasteiger charge is 2.11. The summed E-state index contributed by atoms with van der Waals surface area (Å²) in [5.74, 6) is -1.38. The number of benzene rings is 2. The van der Waals surface area contributed by atoms with Gasteiger partial charge in [0, 0.05) is 34.1 Å². The molecule has 0 aliphatic rings. The number of ether oxygens (including phenoxy) is 1. The van der Waals surface area contributed by atoms with E-state index in [9.17, 15) is 19.2 Å². The van der Waals surface area contributed by atoms with Gasteiger partial charge in [0.2, 0.25) is 5.91 Å². The van der Waals surface area contributed by atoms with Crippen LogP contribution in [0.5, 0.6) is 0 Å². The molecule has 0 unspecified atom stereocenters. The van der Waals surface area contributed by atoms with E-state index >= 15 is 0 Å². The summed E-state index contributed by atoms with van der Waals surface area (Å²) in [7, 11) is 1.23. The van der Waals surface area contributed by atoms with Crippen molar-refractivity contribution in [2.24, 2.45) is 0 Å². The lowest BCUT2D eigenvalue weighted by atomic mass is 10.1. The van der Waals surface area contributed by atoms with Crippen LogP contribution in [0.15, 0.2) is 53.0 Å². The zero-order valence-corrected chi connectivity index (χ0v) is 16.7. The molecular weight excluding hydrogens is 428 g/mol. The highest BCUT2D eigenvalue weighted by Crippen LogP contribution is 2.14. The standard InChI is InChI=1S/C20H19BrN2O5/c1-28-19(26)12-22-20(27)14-4-8-16(9-5-14)23-18(25)11-10-17(24)13-2-6-15(21)7-3-13/h2-9H,10-12H2,1H3,(H,22,27)(H,23,25). The number of hydrogen-bond donors (Lipinski definition) is 2. The molecule has 0 radical (unpaired) electrons. The zero-order chi connectivity index (χ0) is 20.5. The summed E-state index contributed by atoms with van der Waals surface area (Å²) in [4.78, 5) is 47.0. The van der Waals surface area contributed by atoms with Gasteiger partial charge in [-0.25, -0.2) is 0 Å². The summed E-state index contributed by atoms with van der Waals surface area (Å²) in [6.07, 6.45) is 0.151. The lowest BCUT2D eigenvalue weighted by Gasteiger charge is -2.07. The Morgan fingerprint density at radius 2 is 1.50 bits per heavy atom. The SMILES string of the molecule is COC(=O)CNC(=O)c1ccc(NC(=O)CCC(=O)c2ccc(Br)cc2)cc1. The van der Waals surface area contributed by atoms with Crippen LogP contribution < -0.4 is 10.6 Å². The topological polar surface area (TPSA) is 102 Å². The molecule has 0 fully saturated rings. The second-order valence-corrected chi connectivity index (χ2v) is 6.73. The number of ketones is 1. The Hall–Kier alpha value is -3.00. The molecule has 0 heterocycles. The smallest absolute Gasteiger partial charge is 0.325 e. The third kappa shape index (κ3) is 6.62. The van der Waals surface area contributed by atoms with E-state index in [4.69, 9.17) is 0 Å². The normalized spacial score (nSPS) is 10.1. The molecule has 28 heavy (non-hydrogen) atoms. The summed E-state index contributed by atoms with van der Waals surface area (Å²) in [6.45, 7) is -0.222. The van der Waals surface area contributed by atoms with Crippen LogP contribution in [0.2, 0.25) is 0 Å². The van der Waals surface area contributed by atoms with Crippen molar-refractivity contribution in [3.05, 3.63) is 64.1 Å². The summed E-state index contributed by atoms with van der Waals surface area (Å²) in [5.41, 5.74) is 1.40. The van der Waals surface area contributed by atoms with Crippen molar-refractivity contribution < 1.29 is 23.9 Å². The molecule has 0 aliphatic heterocycles. The Morgan fingerprint density at radius 1 is 0.893 bits per heavy atom. The maximum Gasteiger partial charge on any atom is 0.325 e. The average Bonchev–Trinajstić information content (AvgIpc) is 2.71. The van der Waals surface area contributed by atoms with Gasteiger partial charge < -0.3 is 15.4 Å². The van der Waals surface area contributed by atoms with Crippen molar-refractivity contribution in [2.45, 2.75) is 12.8 Å². The minimum atomic E-state index is -0.546. The first-order valence-electron chi connectivity index (χ1n) is 8.42. The van der Waals surface area contributed by atoms with Crippen molar-refractivity contribution in [2.75, 3.05) is 19.0 Å². The van der Waals surface area contributed by atoms with Crippen LogP contribution in [0.3, 0.4) is 0 Å². The molecule has 0 atom stereocenters. The number of nitrogens with one attached hydrogen (secondary N) is 2. The van der Waals surface area contributed by atoms with Gasteiger partial charge in [-0.1, -0.05) is 28.1 Å². The highest BCUT2D eigenvalue weighted by atomic mass is 79.9. The summed E-state index contributed by atoms with van der Waals surface area (Å²) < 4.78 is 5.32. The predicted molar refractivity (Wildman–Crippen MR) is 107 cm³/mol. The van der Waals surface area contributed by atoms with Crippen LogP contribution in [-0.2, 0) is 14.3 Å². The van der Waals surface area contributed by atoms with E-state index < -0.39 is 11.9 Å². The Kier molecular flexibility index (Phi) is 7.88. The van der Waals surface area contributed by atoms with Crippen LogP contribution in [0.4, 0.5) is 5.69 Å². The lowest BCUT2D eigenvalue weighted by Crippen LogP contribution is -2.30. The van der Waals surface area contributed by atoms with E-state index in [1.807, 2.05) is 0 Å². The van der Waals surface area contributed by atoms with E-state index in [0.717, 1.165) is 4.47 Å². The molecule has 8 heteroatoms. The molecule has 146 valence electrons. The van der Waals surface area contributed by atoms with Gasteiger partial charge in [-0.05, 0) is 36.4 Å². The van der Waals surface area contributed by atoms with Gasteiger partial charge in [0.1, 0.15) is 6.54 Å². The number of hydrogen-bond acceptors (Lipinski definition) is 5. The van der Waals surface area contributed by atoms with Crippen LogP contribution in [-0.4, -0.2) is 37.2 Å². The summed E-state index contributed by atoms with van der Waals surface area (Å²) in [5, 5.41) is 5.10. The molecule has 0 aliphatic carbocycles. The Balaban J connectivity index is 1.82. The molecule has 0 aromatic heterocycles. The van der Waals surface area contributed by atoms with E-state index in [-0.39, 0.29) is 31.1 Å². The zero-order valence-electron chi connectivity index (χ0n) is 15.2. The average molecular weight is 447 g/mol. The largest absolute Gasteiger partial charge is 0.468 e. The number of carbonyl (C=O) groups is 4. The Labute approximate surface area is 170 Å². The van der Waals surface area contributed by atoms with Crippen molar-refractivity contribution in [1.29, 1.82) is 0 Å². The molecule has 2 rings (SSSR count). The number of carbonyl (C=O) groups excluding carboxylic acids is 4. The molecule has 2 aromatic carbocycles. The van der Waals surface area contributed by atoms with Crippen LogP contribution >= 0.6 is 15.9 Å². The predicted octanol–water partition coefficient (Wildman–Crippen LogP) is 2.95. The van der Waals surface area contributed by atoms with Gasteiger partial charge in [0.15, 0.2) is 5.78 Å². The third-order valence-electron chi connectivity index (χ3n) is 3.80. The fourth-order valence-corrected chi connectivity index (χ4v) is 2.53. The fourth-order valence-electron chi connectivity index (χ4n) is 2.26. The van der Waals surface area contributed by atoms with Crippen LogP contribution in [0, 0.1) is 0 Å². The summed E-state index contributed by atoms with van der Waals surface area (Å²) in [6, 6.07) is 13.1. The van der Waals surface area contributed by atoms with E-state index in [1.165, 1.54) is 19.2 Å². The Bertz CT molecular complexity index is 863. The number of rotatable bonds is 8. The van der Waals surface area contributed by atoms with E-state index in [1.54, 1.807) is 36.4 Å². The minimum absolute atomic E-state index is 0.0518. The monoisotopic (exact) mass is 446 g/mol. The number of Topliss-reactive ketones (excluding diaryl/α,β-unsaturated/α-hetero) is 1.